The number of pyridine rings is 1. The molecule has 154 valence electrons. The van der Waals surface area contributed by atoms with Gasteiger partial charge in [0.25, 0.3) is 0 Å². The fourth-order valence-electron chi connectivity index (χ4n) is 2.51. The molecule has 1 aliphatic heterocycles. The Labute approximate surface area is 174 Å². The van der Waals surface area contributed by atoms with Crippen LogP contribution in [0.25, 0.3) is 6.08 Å². The van der Waals surface area contributed by atoms with Crippen molar-refractivity contribution in [2.24, 2.45) is 0 Å². The molecule has 1 saturated heterocycles. The van der Waals surface area contributed by atoms with Crippen molar-refractivity contribution in [2.45, 2.75) is 58.5 Å². The van der Waals surface area contributed by atoms with Gasteiger partial charge < -0.3 is 14.4 Å². The number of likely N-dealkylation sites (tertiary alicyclic amines) is 1. The van der Waals surface area contributed by atoms with Crippen LogP contribution < -0.4 is 4.74 Å². The number of hydrogen-bond acceptors (Lipinski definition) is 4. The molecule has 0 bridgehead atoms. The van der Waals surface area contributed by atoms with Gasteiger partial charge in [0.05, 0.1) is 20.3 Å². The summed E-state index contributed by atoms with van der Waals surface area (Å²) in [6.07, 6.45) is 8.17. The standard InChI is InChI=1S/C21H31ClN2O3Si/c1-21(2,3)27-20(25)24-11-10-17(24)15-26-18-13-16(19(22)23-14-18)9-7-8-12-28(4,5)6/h7-9,12-14,17H,10-11,15H2,1-6H3/t17-/m0/s1. The van der Waals surface area contributed by atoms with Crippen molar-refractivity contribution in [3.8, 4) is 5.75 Å². The van der Waals surface area contributed by atoms with Crippen LogP contribution in [0.1, 0.15) is 32.8 Å². The highest BCUT2D eigenvalue weighted by atomic mass is 35.5. The highest BCUT2D eigenvalue weighted by Gasteiger charge is 2.35. The lowest BCUT2D eigenvalue weighted by atomic mass is 10.1. The Morgan fingerprint density at radius 2 is 2.07 bits per heavy atom. The maximum absolute atomic E-state index is 12.2. The van der Waals surface area contributed by atoms with E-state index in [4.69, 9.17) is 21.1 Å². The van der Waals surface area contributed by atoms with E-state index in [-0.39, 0.29) is 12.1 Å². The van der Waals surface area contributed by atoms with Gasteiger partial charge in [0.2, 0.25) is 0 Å². The van der Waals surface area contributed by atoms with Crippen LogP contribution in [-0.4, -0.2) is 48.8 Å². The van der Waals surface area contributed by atoms with Crippen molar-refractivity contribution in [1.29, 1.82) is 0 Å². The molecular formula is C21H31ClN2O3Si. The predicted octanol–water partition coefficient (Wildman–Crippen LogP) is 5.57. The van der Waals surface area contributed by atoms with Crippen LogP contribution in [0.3, 0.4) is 0 Å². The zero-order valence-corrected chi connectivity index (χ0v) is 19.4. The summed E-state index contributed by atoms with van der Waals surface area (Å²) in [5, 5.41) is 0.434. The number of aromatic nitrogens is 1. The van der Waals surface area contributed by atoms with Gasteiger partial charge in [0.15, 0.2) is 0 Å². The molecule has 1 aromatic rings. The predicted molar refractivity (Wildman–Crippen MR) is 118 cm³/mol. The van der Waals surface area contributed by atoms with Crippen molar-refractivity contribution in [3.05, 3.63) is 40.8 Å². The maximum atomic E-state index is 12.2. The molecule has 1 amide bonds. The van der Waals surface area contributed by atoms with Gasteiger partial charge in [-0.3, -0.25) is 0 Å². The van der Waals surface area contributed by atoms with E-state index in [2.05, 4.69) is 36.4 Å². The second kappa shape index (κ2) is 9.14. The zero-order valence-electron chi connectivity index (χ0n) is 17.7. The Hall–Kier alpha value is -1.79. The van der Waals surface area contributed by atoms with Gasteiger partial charge in [0, 0.05) is 12.1 Å². The molecule has 0 aliphatic carbocycles. The molecule has 0 aromatic carbocycles. The van der Waals surface area contributed by atoms with Gasteiger partial charge >= 0.3 is 6.09 Å². The number of rotatable bonds is 6. The Morgan fingerprint density at radius 3 is 2.64 bits per heavy atom. The van der Waals surface area contributed by atoms with Crippen molar-refractivity contribution in [1.82, 2.24) is 9.88 Å². The topological polar surface area (TPSA) is 51.7 Å². The molecule has 0 spiro atoms. The molecule has 1 aliphatic rings. The highest BCUT2D eigenvalue weighted by molar-refractivity contribution is 6.81. The normalized spacial score (nSPS) is 17.8. The first-order valence-corrected chi connectivity index (χ1v) is 13.5. The smallest absolute Gasteiger partial charge is 0.410 e. The van der Waals surface area contributed by atoms with Gasteiger partial charge in [-0.2, -0.15) is 0 Å². The van der Waals surface area contributed by atoms with E-state index < -0.39 is 13.7 Å². The van der Waals surface area contributed by atoms with Crippen LogP contribution in [-0.2, 0) is 4.74 Å². The molecule has 7 heteroatoms. The minimum Gasteiger partial charge on any atom is -0.490 e. The molecule has 1 fully saturated rings. The number of hydrogen-bond donors (Lipinski definition) is 0. The minimum atomic E-state index is -1.22. The lowest BCUT2D eigenvalue weighted by Crippen LogP contribution is -2.55. The summed E-state index contributed by atoms with van der Waals surface area (Å²) in [6.45, 7) is 13.5. The van der Waals surface area contributed by atoms with Crippen LogP contribution in [0.4, 0.5) is 4.79 Å². The first-order chi connectivity index (χ1) is 12.9. The van der Waals surface area contributed by atoms with Crippen molar-refractivity contribution < 1.29 is 14.3 Å². The van der Waals surface area contributed by atoms with Gasteiger partial charge in [0.1, 0.15) is 23.1 Å². The summed E-state index contributed by atoms with van der Waals surface area (Å²) < 4.78 is 11.3. The zero-order chi connectivity index (χ0) is 20.9. The van der Waals surface area contributed by atoms with Crippen LogP contribution >= 0.6 is 11.6 Å². The van der Waals surface area contributed by atoms with E-state index in [0.717, 1.165) is 12.0 Å². The third-order valence-corrected chi connectivity index (χ3v) is 5.55. The monoisotopic (exact) mass is 422 g/mol. The van der Waals surface area contributed by atoms with Crippen molar-refractivity contribution in [3.63, 3.8) is 0 Å². The van der Waals surface area contributed by atoms with E-state index in [9.17, 15) is 4.79 Å². The van der Waals surface area contributed by atoms with E-state index >= 15 is 0 Å². The molecule has 28 heavy (non-hydrogen) atoms. The second-order valence-electron chi connectivity index (χ2n) is 9.06. The quantitative estimate of drug-likeness (QED) is 0.341. The minimum absolute atomic E-state index is 0.0178. The lowest BCUT2D eigenvalue weighted by Gasteiger charge is -2.40. The number of carbonyl (C=O) groups excluding carboxylic acids is 1. The van der Waals surface area contributed by atoms with Crippen LogP contribution in [0, 0.1) is 0 Å². The van der Waals surface area contributed by atoms with Gasteiger partial charge in [-0.1, -0.05) is 55.2 Å². The molecule has 2 heterocycles. The third-order valence-electron chi connectivity index (χ3n) is 4.04. The average molecular weight is 423 g/mol. The number of allylic oxidation sites excluding steroid dienone is 2. The average Bonchev–Trinajstić information content (AvgIpc) is 2.50. The fraction of sp³-hybridized carbons (Fsp3) is 0.524. The number of halogens is 1. The summed E-state index contributed by atoms with van der Waals surface area (Å²) in [6, 6.07) is 1.88. The maximum Gasteiger partial charge on any atom is 0.410 e. The first-order valence-electron chi connectivity index (χ1n) is 9.58. The Kier molecular flexibility index (Phi) is 7.34. The molecule has 5 nitrogen and oxygen atoms in total. The second-order valence-corrected chi connectivity index (χ2v) is 14.5. The molecule has 1 aromatic heterocycles. The number of ether oxygens (including phenoxy) is 2. The third kappa shape index (κ3) is 7.32. The van der Waals surface area contributed by atoms with Gasteiger partial charge in [-0.15, -0.1) is 0 Å². The number of carbonyl (C=O) groups is 1. The first kappa shape index (κ1) is 22.5. The number of nitrogens with zero attached hydrogens (tertiary/aromatic N) is 2. The molecule has 1 atom stereocenters. The Bertz CT molecular complexity index is 751. The molecule has 2 rings (SSSR count). The fourth-order valence-corrected chi connectivity index (χ4v) is 3.37. The van der Waals surface area contributed by atoms with Crippen LogP contribution in [0.2, 0.25) is 24.8 Å². The van der Waals surface area contributed by atoms with E-state index in [1.807, 2.05) is 39.0 Å². The van der Waals surface area contributed by atoms with Crippen molar-refractivity contribution >= 4 is 31.8 Å². The van der Waals surface area contributed by atoms with E-state index in [1.54, 1.807) is 11.1 Å². The van der Waals surface area contributed by atoms with E-state index in [0.29, 0.717) is 24.1 Å². The summed E-state index contributed by atoms with van der Waals surface area (Å²) >= 11 is 6.19. The van der Waals surface area contributed by atoms with Crippen molar-refractivity contribution in [2.75, 3.05) is 13.2 Å². The lowest BCUT2D eigenvalue weighted by molar-refractivity contribution is -0.0141. The van der Waals surface area contributed by atoms with Gasteiger partial charge in [-0.25, -0.2) is 9.78 Å². The molecule has 0 radical (unpaired) electrons. The van der Waals surface area contributed by atoms with Crippen LogP contribution in [0.15, 0.2) is 30.1 Å². The molecular weight excluding hydrogens is 392 g/mol. The largest absolute Gasteiger partial charge is 0.490 e. The van der Waals surface area contributed by atoms with E-state index in [1.165, 1.54) is 0 Å². The molecule has 0 unspecified atom stereocenters. The number of amides is 1. The highest BCUT2D eigenvalue weighted by Crippen LogP contribution is 2.24. The Morgan fingerprint density at radius 1 is 1.36 bits per heavy atom. The molecule has 0 N–H and O–H groups in total. The van der Waals surface area contributed by atoms with Crippen LogP contribution in [0.5, 0.6) is 5.75 Å². The summed E-state index contributed by atoms with van der Waals surface area (Å²) in [4.78, 5) is 18.1. The molecule has 0 saturated carbocycles. The summed E-state index contributed by atoms with van der Waals surface area (Å²) in [7, 11) is -1.22. The SMILES string of the molecule is CC(C)(C)OC(=O)N1CC[C@H]1COc1cnc(Cl)c(C=CC=C[Si](C)(C)C)c1. The Balaban J connectivity index is 1.94. The van der Waals surface area contributed by atoms with Gasteiger partial charge in [-0.05, 0) is 33.3 Å². The summed E-state index contributed by atoms with van der Waals surface area (Å²) in [5.41, 5.74) is 2.56. The summed E-state index contributed by atoms with van der Waals surface area (Å²) in [5.74, 6) is 0.634.